The number of aliphatic hydroxyl groups is 1. The molecule has 1 heterocycles. The molecule has 1 aromatic carbocycles. The summed E-state index contributed by atoms with van der Waals surface area (Å²) in [6, 6.07) is 11.0. The van der Waals surface area contributed by atoms with E-state index in [1.165, 1.54) is 76.2 Å². The van der Waals surface area contributed by atoms with Crippen molar-refractivity contribution >= 4 is 0 Å². The van der Waals surface area contributed by atoms with Gasteiger partial charge in [-0.1, -0.05) is 75.8 Å². The maximum atomic E-state index is 10.4. The summed E-state index contributed by atoms with van der Waals surface area (Å²) in [5, 5.41) is 14.5. The Labute approximate surface area is 178 Å². The van der Waals surface area contributed by atoms with Crippen molar-refractivity contribution in [1.82, 2.24) is 5.32 Å². The van der Waals surface area contributed by atoms with Gasteiger partial charge in [-0.25, -0.2) is 0 Å². The van der Waals surface area contributed by atoms with Gasteiger partial charge in [0.05, 0.1) is 19.3 Å². The highest BCUT2D eigenvalue weighted by Crippen LogP contribution is 2.43. The number of hydrogen-bond acceptors (Lipinski definition) is 3. The van der Waals surface area contributed by atoms with E-state index >= 15 is 0 Å². The van der Waals surface area contributed by atoms with Crippen LogP contribution in [0, 0.1) is 5.92 Å². The molecule has 2 aliphatic rings. The quantitative estimate of drug-likeness (QED) is 0.422. The normalized spacial score (nSPS) is 28.1. The fourth-order valence-electron chi connectivity index (χ4n) is 5.60. The molecule has 1 aliphatic heterocycles. The second-order valence-electron chi connectivity index (χ2n) is 9.56. The molecule has 4 atom stereocenters. The molecule has 0 aromatic heterocycles. The molecule has 2 unspecified atom stereocenters. The van der Waals surface area contributed by atoms with Crippen molar-refractivity contribution in [2.24, 2.45) is 5.92 Å². The SMILES string of the molecule is CCCCCC[C@H](O)CCC1CCCCC12CC[C@@H](COCc1ccccc1)N2. The van der Waals surface area contributed by atoms with Crippen LogP contribution in [0.15, 0.2) is 30.3 Å². The number of aliphatic hydroxyl groups excluding tert-OH is 1. The molecule has 2 N–H and O–H groups in total. The molecule has 3 rings (SSSR count). The van der Waals surface area contributed by atoms with Gasteiger partial charge >= 0.3 is 0 Å². The smallest absolute Gasteiger partial charge is 0.0717 e. The number of rotatable bonds is 12. The molecule has 0 radical (unpaired) electrons. The maximum Gasteiger partial charge on any atom is 0.0717 e. The third-order valence-corrected chi connectivity index (χ3v) is 7.31. The highest BCUT2D eigenvalue weighted by Gasteiger charge is 2.45. The Morgan fingerprint density at radius 3 is 2.76 bits per heavy atom. The number of hydrogen-bond donors (Lipinski definition) is 2. The van der Waals surface area contributed by atoms with E-state index in [9.17, 15) is 5.11 Å². The minimum absolute atomic E-state index is 0.0998. The molecule has 1 spiro atoms. The fraction of sp³-hybridized carbons (Fsp3) is 0.769. The lowest BCUT2D eigenvalue weighted by Crippen LogP contribution is -2.51. The van der Waals surface area contributed by atoms with Gasteiger partial charge in [0.15, 0.2) is 0 Å². The number of benzene rings is 1. The van der Waals surface area contributed by atoms with E-state index < -0.39 is 0 Å². The topological polar surface area (TPSA) is 41.5 Å². The monoisotopic (exact) mass is 401 g/mol. The molecule has 1 saturated carbocycles. The fourth-order valence-corrected chi connectivity index (χ4v) is 5.60. The first kappa shape index (κ1) is 22.8. The first-order valence-electron chi connectivity index (χ1n) is 12.3. The van der Waals surface area contributed by atoms with Crippen molar-refractivity contribution in [3.63, 3.8) is 0 Å². The Hall–Kier alpha value is -0.900. The van der Waals surface area contributed by atoms with Crippen molar-refractivity contribution in [2.45, 2.75) is 115 Å². The zero-order valence-corrected chi connectivity index (χ0v) is 18.6. The van der Waals surface area contributed by atoms with E-state index in [4.69, 9.17) is 4.74 Å². The van der Waals surface area contributed by atoms with E-state index in [2.05, 4.69) is 42.6 Å². The van der Waals surface area contributed by atoms with Crippen molar-refractivity contribution < 1.29 is 9.84 Å². The molecular formula is C26H43NO2. The Balaban J connectivity index is 1.41. The van der Waals surface area contributed by atoms with E-state index in [1.54, 1.807) is 0 Å². The van der Waals surface area contributed by atoms with Crippen molar-refractivity contribution in [2.75, 3.05) is 6.61 Å². The van der Waals surface area contributed by atoms with E-state index in [-0.39, 0.29) is 6.10 Å². The van der Waals surface area contributed by atoms with Crippen LogP contribution in [0.3, 0.4) is 0 Å². The summed E-state index contributed by atoms with van der Waals surface area (Å²) in [6.07, 6.45) is 15.9. The van der Waals surface area contributed by atoms with Crippen LogP contribution in [-0.2, 0) is 11.3 Å². The van der Waals surface area contributed by atoms with Gasteiger partial charge < -0.3 is 15.2 Å². The molecule has 1 aliphatic carbocycles. The van der Waals surface area contributed by atoms with Crippen LogP contribution in [0.1, 0.15) is 96.0 Å². The highest BCUT2D eigenvalue weighted by molar-refractivity contribution is 5.13. The molecule has 1 saturated heterocycles. The van der Waals surface area contributed by atoms with E-state index in [0.29, 0.717) is 18.2 Å². The summed E-state index contributed by atoms with van der Waals surface area (Å²) >= 11 is 0. The molecule has 0 amide bonds. The number of unbranched alkanes of at least 4 members (excludes halogenated alkanes) is 3. The van der Waals surface area contributed by atoms with Gasteiger partial charge in [0.2, 0.25) is 0 Å². The van der Waals surface area contributed by atoms with E-state index in [1.807, 2.05) is 0 Å². The molecule has 2 fully saturated rings. The summed E-state index contributed by atoms with van der Waals surface area (Å²) in [7, 11) is 0. The third kappa shape index (κ3) is 7.08. The minimum Gasteiger partial charge on any atom is -0.393 e. The lowest BCUT2D eigenvalue weighted by molar-refractivity contribution is 0.0809. The van der Waals surface area contributed by atoms with Crippen LogP contribution in [0.4, 0.5) is 0 Å². The zero-order chi connectivity index (χ0) is 20.4. The predicted molar refractivity (Wildman–Crippen MR) is 121 cm³/mol. The van der Waals surface area contributed by atoms with Crippen molar-refractivity contribution in [3.05, 3.63) is 35.9 Å². The summed E-state index contributed by atoms with van der Waals surface area (Å²) < 4.78 is 6.03. The highest BCUT2D eigenvalue weighted by atomic mass is 16.5. The molecular weight excluding hydrogens is 358 g/mol. The minimum atomic E-state index is -0.0998. The number of nitrogens with one attached hydrogen (secondary N) is 1. The molecule has 3 heteroatoms. The Morgan fingerprint density at radius 1 is 1.07 bits per heavy atom. The summed E-state index contributed by atoms with van der Waals surface area (Å²) in [6.45, 7) is 3.76. The van der Waals surface area contributed by atoms with Gasteiger partial charge in [-0.2, -0.15) is 0 Å². The summed E-state index contributed by atoms with van der Waals surface area (Å²) in [5.41, 5.74) is 1.56. The molecule has 1 aromatic rings. The Morgan fingerprint density at radius 2 is 1.93 bits per heavy atom. The van der Waals surface area contributed by atoms with Crippen molar-refractivity contribution in [1.29, 1.82) is 0 Å². The van der Waals surface area contributed by atoms with Crippen LogP contribution in [0.2, 0.25) is 0 Å². The second kappa shape index (κ2) is 12.1. The molecule has 164 valence electrons. The van der Waals surface area contributed by atoms with Crippen LogP contribution in [-0.4, -0.2) is 29.4 Å². The predicted octanol–water partition coefficient (Wildman–Crippen LogP) is 6.00. The summed E-state index contributed by atoms with van der Waals surface area (Å²) in [5.74, 6) is 0.723. The van der Waals surface area contributed by atoms with Crippen LogP contribution in [0.25, 0.3) is 0 Å². The van der Waals surface area contributed by atoms with Crippen LogP contribution < -0.4 is 5.32 Å². The first-order chi connectivity index (χ1) is 14.2. The zero-order valence-electron chi connectivity index (χ0n) is 18.6. The van der Waals surface area contributed by atoms with E-state index in [0.717, 1.165) is 25.4 Å². The maximum absolute atomic E-state index is 10.4. The van der Waals surface area contributed by atoms with Gasteiger partial charge in [-0.15, -0.1) is 0 Å². The van der Waals surface area contributed by atoms with Gasteiger partial charge in [-0.3, -0.25) is 0 Å². The lowest BCUT2D eigenvalue weighted by Gasteiger charge is -2.43. The van der Waals surface area contributed by atoms with Gasteiger partial charge in [-0.05, 0) is 56.4 Å². The largest absolute Gasteiger partial charge is 0.393 e. The van der Waals surface area contributed by atoms with Crippen molar-refractivity contribution in [3.8, 4) is 0 Å². The number of ether oxygens (including phenoxy) is 1. The molecule has 3 nitrogen and oxygen atoms in total. The Kier molecular flexibility index (Phi) is 9.48. The average molecular weight is 402 g/mol. The van der Waals surface area contributed by atoms with Gasteiger partial charge in [0.25, 0.3) is 0 Å². The average Bonchev–Trinajstić information content (AvgIpc) is 3.14. The summed E-state index contributed by atoms with van der Waals surface area (Å²) in [4.78, 5) is 0. The van der Waals surface area contributed by atoms with Gasteiger partial charge in [0.1, 0.15) is 0 Å². The Bertz CT molecular complexity index is 563. The molecule has 29 heavy (non-hydrogen) atoms. The third-order valence-electron chi connectivity index (χ3n) is 7.31. The second-order valence-corrected chi connectivity index (χ2v) is 9.56. The lowest BCUT2D eigenvalue weighted by atomic mass is 9.70. The van der Waals surface area contributed by atoms with Crippen LogP contribution >= 0.6 is 0 Å². The molecule has 0 bridgehead atoms. The van der Waals surface area contributed by atoms with Gasteiger partial charge in [0, 0.05) is 11.6 Å². The standard InChI is InChI=1S/C26H43NO2/c1-2-3-4-8-14-25(28)16-15-23-13-9-10-18-26(23)19-17-24(27-26)21-29-20-22-11-6-5-7-12-22/h5-7,11-12,23-25,27-28H,2-4,8-10,13-21H2,1H3/t23?,24-,25-,26?/m0/s1. The van der Waals surface area contributed by atoms with Crippen LogP contribution in [0.5, 0.6) is 0 Å². The first-order valence-corrected chi connectivity index (χ1v) is 12.3.